The maximum absolute atomic E-state index is 6.40. The molecule has 0 spiro atoms. The smallest absolute Gasteiger partial charge is 0.256 e. The fraction of sp³-hybridized carbons (Fsp3) is 0.350. The molecule has 3 aromatic rings. The summed E-state index contributed by atoms with van der Waals surface area (Å²) < 4.78 is 10.7. The van der Waals surface area contributed by atoms with Crippen LogP contribution in [-0.2, 0) is 20.5 Å². The van der Waals surface area contributed by atoms with Gasteiger partial charge >= 0.3 is 0 Å². The third-order valence-electron chi connectivity index (χ3n) is 4.76. The first kappa shape index (κ1) is 14.3. The molecule has 0 bridgehead atoms. The van der Waals surface area contributed by atoms with Crippen molar-refractivity contribution in [3.05, 3.63) is 41.7 Å². The lowest BCUT2D eigenvalue weighted by atomic mass is 9.94. The van der Waals surface area contributed by atoms with Crippen LogP contribution in [0.3, 0.4) is 0 Å². The molecule has 118 valence electrons. The summed E-state index contributed by atoms with van der Waals surface area (Å²) in [5.41, 5.74) is 6.32. The zero-order chi connectivity index (χ0) is 16.3. The SMILES string of the molecule is Cc1ccc2c3c(cn2C)Oc2c(CC(C)C)cc[n+](C)c2-c13. The fourth-order valence-electron chi connectivity index (χ4n) is 3.71. The molecule has 0 N–H and O–H groups in total. The molecule has 0 saturated heterocycles. The summed E-state index contributed by atoms with van der Waals surface area (Å²) in [4.78, 5) is 0. The van der Waals surface area contributed by atoms with Crippen molar-refractivity contribution in [2.75, 3.05) is 0 Å². The largest absolute Gasteiger partial charge is 0.448 e. The van der Waals surface area contributed by atoms with Gasteiger partial charge < -0.3 is 9.30 Å². The van der Waals surface area contributed by atoms with Crippen LogP contribution in [-0.4, -0.2) is 4.57 Å². The van der Waals surface area contributed by atoms with Gasteiger partial charge in [-0.2, -0.15) is 4.57 Å². The van der Waals surface area contributed by atoms with Gasteiger partial charge in [0.05, 0.1) is 16.5 Å². The molecular formula is C20H23N2O+. The maximum atomic E-state index is 6.40. The van der Waals surface area contributed by atoms with E-state index in [1.807, 2.05) is 0 Å². The van der Waals surface area contributed by atoms with Gasteiger partial charge in [0.25, 0.3) is 5.69 Å². The van der Waals surface area contributed by atoms with Gasteiger partial charge in [0.15, 0.2) is 11.9 Å². The topological polar surface area (TPSA) is 18.0 Å². The Morgan fingerprint density at radius 2 is 2.00 bits per heavy atom. The standard InChI is InChI=1S/C20H23N2O/c1-12(2)10-14-8-9-21(4)19-17-13(3)6-7-15-18(17)16(11-22(15)5)23-20(14)19/h6-9,11-12H,10H2,1-5H3/q+1. The predicted molar refractivity (Wildman–Crippen MR) is 92.9 cm³/mol. The first-order chi connectivity index (χ1) is 11.0. The Labute approximate surface area is 137 Å². The van der Waals surface area contributed by atoms with Crippen molar-refractivity contribution in [1.29, 1.82) is 0 Å². The molecule has 0 unspecified atom stereocenters. The number of fused-ring (bicyclic) bond motifs is 2. The van der Waals surface area contributed by atoms with Crippen molar-refractivity contribution in [2.24, 2.45) is 20.0 Å². The maximum Gasteiger partial charge on any atom is 0.256 e. The zero-order valence-electron chi connectivity index (χ0n) is 14.5. The third kappa shape index (κ3) is 1.99. The minimum atomic E-state index is 0.601. The number of rotatable bonds is 2. The molecule has 3 heteroatoms. The van der Waals surface area contributed by atoms with Crippen LogP contribution in [0.25, 0.3) is 22.2 Å². The lowest BCUT2D eigenvalue weighted by Crippen LogP contribution is -2.32. The van der Waals surface area contributed by atoms with Gasteiger partial charge in [-0.25, -0.2) is 0 Å². The molecule has 0 amide bonds. The summed E-state index contributed by atoms with van der Waals surface area (Å²) in [7, 11) is 4.19. The van der Waals surface area contributed by atoms with E-state index in [4.69, 9.17) is 4.74 Å². The summed E-state index contributed by atoms with van der Waals surface area (Å²) in [6.45, 7) is 6.69. The second kappa shape index (κ2) is 4.85. The normalized spacial score (nSPS) is 12.6. The van der Waals surface area contributed by atoms with Crippen molar-refractivity contribution in [1.82, 2.24) is 4.57 Å². The van der Waals surface area contributed by atoms with Crippen LogP contribution >= 0.6 is 0 Å². The van der Waals surface area contributed by atoms with Gasteiger partial charge in [0.2, 0.25) is 5.75 Å². The Hall–Kier alpha value is -2.29. The van der Waals surface area contributed by atoms with E-state index in [0.29, 0.717) is 5.92 Å². The molecule has 1 aliphatic rings. The number of aromatic nitrogens is 2. The number of nitrogens with zero attached hydrogens (tertiary/aromatic N) is 2. The highest BCUT2D eigenvalue weighted by atomic mass is 16.5. The van der Waals surface area contributed by atoms with Crippen molar-refractivity contribution < 1.29 is 9.30 Å². The average molecular weight is 307 g/mol. The molecule has 23 heavy (non-hydrogen) atoms. The van der Waals surface area contributed by atoms with E-state index < -0.39 is 0 Å². The average Bonchev–Trinajstić information content (AvgIpc) is 2.81. The Balaban J connectivity index is 2.10. The first-order valence-corrected chi connectivity index (χ1v) is 8.25. The van der Waals surface area contributed by atoms with Gasteiger partial charge in [-0.1, -0.05) is 19.9 Å². The number of benzene rings is 1. The van der Waals surface area contributed by atoms with Gasteiger partial charge in [0, 0.05) is 24.9 Å². The molecule has 3 heterocycles. The van der Waals surface area contributed by atoms with E-state index in [2.05, 4.69) is 74.6 Å². The van der Waals surface area contributed by atoms with Gasteiger partial charge in [-0.3, -0.25) is 0 Å². The summed E-state index contributed by atoms with van der Waals surface area (Å²) in [6, 6.07) is 6.60. The van der Waals surface area contributed by atoms with Crippen LogP contribution in [0.5, 0.6) is 11.5 Å². The fourth-order valence-corrected chi connectivity index (χ4v) is 3.71. The van der Waals surface area contributed by atoms with Crippen molar-refractivity contribution in [3.8, 4) is 22.8 Å². The monoisotopic (exact) mass is 307 g/mol. The molecule has 2 aromatic heterocycles. The van der Waals surface area contributed by atoms with Gasteiger partial charge in [0.1, 0.15) is 7.05 Å². The molecule has 0 radical (unpaired) electrons. The Morgan fingerprint density at radius 1 is 1.22 bits per heavy atom. The lowest BCUT2D eigenvalue weighted by molar-refractivity contribution is -0.660. The minimum Gasteiger partial charge on any atom is -0.448 e. The molecule has 3 nitrogen and oxygen atoms in total. The number of hydrogen-bond donors (Lipinski definition) is 0. The zero-order valence-corrected chi connectivity index (χ0v) is 14.5. The van der Waals surface area contributed by atoms with E-state index in [1.165, 1.54) is 33.3 Å². The number of aryl methyl sites for hydroxylation is 3. The second-order valence-corrected chi connectivity index (χ2v) is 7.09. The van der Waals surface area contributed by atoms with Crippen molar-refractivity contribution >= 4 is 10.9 Å². The van der Waals surface area contributed by atoms with Crippen molar-refractivity contribution in [2.45, 2.75) is 27.2 Å². The first-order valence-electron chi connectivity index (χ1n) is 8.25. The number of hydrogen-bond acceptors (Lipinski definition) is 1. The Morgan fingerprint density at radius 3 is 2.74 bits per heavy atom. The van der Waals surface area contributed by atoms with E-state index in [9.17, 15) is 0 Å². The number of ether oxygens (including phenoxy) is 1. The highest BCUT2D eigenvalue weighted by Crippen LogP contribution is 2.48. The van der Waals surface area contributed by atoms with Crippen LogP contribution < -0.4 is 9.30 Å². The van der Waals surface area contributed by atoms with E-state index >= 15 is 0 Å². The summed E-state index contributed by atoms with van der Waals surface area (Å²) in [5.74, 6) is 2.60. The highest BCUT2D eigenvalue weighted by Gasteiger charge is 2.32. The second-order valence-electron chi connectivity index (χ2n) is 7.09. The Kier molecular flexibility index (Phi) is 3.02. The van der Waals surface area contributed by atoms with Gasteiger partial charge in [-0.05, 0) is 30.9 Å². The predicted octanol–water partition coefficient (Wildman–Crippen LogP) is 4.28. The van der Waals surface area contributed by atoms with Gasteiger partial charge in [-0.15, -0.1) is 0 Å². The Bertz CT molecular complexity index is 935. The molecule has 0 aliphatic carbocycles. The molecule has 0 fully saturated rings. The van der Waals surface area contributed by atoms with Crippen LogP contribution in [0.1, 0.15) is 25.0 Å². The van der Waals surface area contributed by atoms with Crippen LogP contribution in [0.4, 0.5) is 0 Å². The molecule has 1 aliphatic heterocycles. The van der Waals surface area contributed by atoms with Crippen molar-refractivity contribution in [3.63, 3.8) is 0 Å². The van der Waals surface area contributed by atoms with Crippen LogP contribution in [0.15, 0.2) is 30.6 Å². The molecule has 0 atom stereocenters. The summed E-state index contributed by atoms with van der Waals surface area (Å²) in [6.07, 6.45) is 5.29. The quantitative estimate of drug-likeness (QED) is 0.505. The molecular weight excluding hydrogens is 284 g/mol. The summed E-state index contributed by atoms with van der Waals surface area (Å²) in [5, 5.41) is 1.23. The van der Waals surface area contributed by atoms with Crippen LogP contribution in [0, 0.1) is 12.8 Å². The van der Waals surface area contributed by atoms with Crippen LogP contribution in [0.2, 0.25) is 0 Å². The lowest BCUT2D eigenvalue weighted by Gasteiger charge is -2.20. The van der Waals surface area contributed by atoms with E-state index in [0.717, 1.165) is 17.9 Å². The molecule has 0 saturated carbocycles. The van der Waals surface area contributed by atoms with E-state index in [-0.39, 0.29) is 0 Å². The highest BCUT2D eigenvalue weighted by molar-refractivity contribution is 6.03. The van der Waals surface area contributed by atoms with E-state index in [1.54, 1.807) is 0 Å². The molecule has 4 rings (SSSR count). The number of pyridine rings is 1. The molecule has 1 aromatic carbocycles. The summed E-state index contributed by atoms with van der Waals surface area (Å²) >= 11 is 0. The minimum absolute atomic E-state index is 0.601. The third-order valence-corrected chi connectivity index (χ3v) is 4.76.